The van der Waals surface area contributed by atoms with Crippen LogP contribution >= 0.6 is 22.7 Å². The minimum Gasteiger partial charge on any atom is -0.469 e. The second-order valence-electron chi connectivity index (χ2n) is 5.53. The number of carbonyl (C=O) groups excluding carboxylic acids is 2. The van der Waals surface area contributed by atoms with Gasteiger partial charge in [0.15, 0.2) is 6.61 Å². The molecule has 0 spiro atoms. The largest absolute Gasteiger partial charge is 0.469 e. The van der Waals surface area contributed by atoms with Gasteiger partial charge in [-0.3, -0.25) is 9.59 Å². The standard InChI is InChI=1S/C17H17N3O3S2/c1-9-10(2)24-17-15(9)16(19-8-20-17)23-7-13(22)14-5-4-12(25-14)6-18-11(3)21/h4-5,8H,6-7H2,1-3H3,(H,18,21). The zero-order valence-corrected chi connectivity index (χ0v) is 15.7. The van der Waals surface area contributed by atoms with Crippen molar-refractivity contribution in [1.82, 2.24) is 15.3 Å². The fourth-order valence-corrected chi connectivity index (χ4v) is 4.16. The number of ketones is 1. The van der Waals surface area contributed by atoms with E-state index in [1.54, 1.807) is 17.4 Å². The van der Waals surface area contributed by atoms with Gasteiger partial charge in [-0.25, -0.2) is 9.97 Å². The Morgan fingerprint density at radius 1 is 1.20 bits per heavy atom. The minimum absolute atomic E-state index is 0.0828. The SMILES string of the molecule is CC(=O)NCc1ccc(C(=O)COc2ncnc3sc(C)c(C)c23)s1. The molecule has 1 N–H and O–H groups in total. The summed E-state index contributed by atoms with van der Waals surface area (Å²) in [7, 11) is 0. The van der Waals surface area contributed by atoms with Crippen LogP contribution in [0.3, 0.4) is 0 Å². The first-order chi connectivity index (χ1) is 12.0. The van der Waals surface area contributed by atoms with E-state index in [-0.39, 0.29) is 18.3 Å². The third-order valence-corrected chi connectivity index (χ3v) is 5.96. The summed E-state index contributed by atoms with van der Waals surface area (Å²) < 4.78 is 5.68. The molecule has 0 unspecified atom stereocenters. The van der Waals surface area contributed by atoms with Gasteiger partial charge < -0.3 is 10.1 Å². The summed E-state index contributed by atoms with van der Waals surface area (Å²) >= 11 is 2.94. The van der Waals surface area contributed by atoms with Crippen molar-refractivity contribution in [2.75, 3.05) is 6.61 Å². The summed E-state index contributed by atoms with van der Waals surface area (Å²) in [5.74, 6) is 0.226. The van der Waals surface area contributed by atoms with Gasteiger partial charge in [0.1, 0.15) is 11.2 Å². The molecule has 130 valence electrons. The van der Waals surface area contributed by atoms with Crippen molar-refractivity contribution in [2.45, 2.75) is 27.3 Å². The second kappa shape index (κ2) is 7.28. The number of carbonyl (C=O) groups is 2. The fraction of sp³-hybridized carbons (Fsp3) is 0.294. The fourth-order valence-electron chi connectivity index (χ4n) is 2.30. The molecule has 0 radical (unpaired) electrons. The van der Waals surface area contributed by atoms with Crippen LogP contribution in [0.1, 0.15) is 31.9 Å². The Kier molecular flexibility index (Phi) is 5.10. The number of amides is 1. The van der Waals surface area contributed by atoms with Crippen LogP contribution in [0.15, 0.2) is 18.5 Å². The maximum Gasteiger partial charge on any atom is 0.226 e. The van der Waals surface area contributed by atoms with E-state index in [2.05, 4.69) is 15.3 Å². The van der Waals surface area contributed by atoms with E-state index in [1.807, 2.05) is 19.9 Å². The number of thiophene rings is 2. The van der Waals surface area contributed by atoms with E-state index < -0.39 is 0 Å². The summed E-state index contributed by atoms with van der Waals surface area (Å²) in [4.78, 5) is 35.3. The van der Waals surface area contributed by atoms with Crippen molar-refractivity contribution >= 4 is 44.6 Å². The molecule has 0 fully saturated rings. The molecule has 3 rings (SSSR count). The Labute approximate surface area is 152 Å². The first-order valence-corrected chi connectivity index (χ1v) is 9.29. The van der Waals surface area contributed by atoms with Crippen LogP contribution in [0.25, 0.3) is 10.2 Å². The summed E-state index contributed by atoms with van der Waals surface area (Å²) in [6.45, 7) is 5.83. The molecule has 6 nitrogen and oxygen atoms in total. The van der Waals surface area contributed by atoms with Crippen molar-refractivity contribution in [2.24, 2.45) is 0 Å². The molecule has 3 aromatic heterocycles. The van der Waals surface area contributed by atoms with Gasteiger partial charge in [0.25, 0.3) is 0 Å². The highest BCUT2D eigenvalue weighted by Crippen LogP contribution is 2.33. The van der Waals surface area contributed by atoms with E-state index in [1.165, 1.54) is 24.6 Å². The van der Waals surface area contributed by atoms with Crippen molar-refractivity contribution in [3.8, 4) is 5.88 Å². The Morgan fingerprint density at radius 3 is 2.76 bits per heavy atom. The third-order valence-electron chi connectivity index (χ3n) is 3.72. The third kappa shape index (κ3) is 3.85. The Hall–Kier alpha value is -2.32. The lowest BCUT2D eigenvalue weighted by atomic mass is 10.2. The highest BCUT2D eigenvalue weighted by atomic mass is 32.1. The van der Waals surface area contributed by atoms with Gasteiger partial charge in [-0.2, -0.15) is 0 Å². The molecular formula is C17H17N3O3S2. The maximum absolute atomic E-state index is 12.4. The van der Waals surface area contributed by atoms with E-state index in [0.29, 0.717) is 17.3 Å². The van der Waals surface area contributed by atoms with Crippen LogP contribution in [0, 0.1) is 13.8 Å². The molecule has 8 heteroatoms. The molecule has 3 heterocycles. The van der Waals surface area contributed by atoms with Crippen LogP contribution in [-0.2, 0) is 11.3 Å². The summed E-state index contributed by atoms with van der Waals surface area (Å²) in [5.41, 5.74) is 1.08. The van der Waals surface area contributed by atoms with Gasteiger partial charge in [0.05, 0.1) is 16.8 Å². The first kappa shape index (κ1) is 17.5. The lowest BCUT2D eigenvalue weighted by Crippen LogP contribution is -2.18. The van der Waals surface area contributed by atoms with Crippen LogP contribution in [0.2, 0.25) is 0 Å². The number of aryl methyl sites for hydroxylation is 2. The predicted molar refractivity (Wildman–Crippen MR) is 98.6 cm³/mol. The predicted octanol–water partition coefficient (Wildman–Crippen LogP) is 3.27. The molecular weight excluding hydrogens is 358 g/mol. The zero-order valence-electron chi connectivity index (χ0n) is 14.1. The minimum atomic E-state index is -0.115. The summed E-state index contributed by atoms with van der Waals surface area (Å²) in [6, 6.07) is 3.59. The lowest BCUT2D eigenvalue weighted by molar-refractivity contribution is -0.119. The molecule has 1 amide bonds. The number of nitrogens with one attached hydrogen (secondary N) is 1. The van der Waals surface area contributed by atoms with Crippen LogP contribution in [0.4, 0.5) is 0 Å². The van der Waals surface area contributed by atoms with E-state index >= 15 is 0 Å². The van der Waals surface area contributed by atoms with Gasteiger partial charge in [-0.15, -0.1) is 22.7 Å². The van der Waals surface area contributed by atoms with Crippen molar-refractivity contribution < 1.29 is 14.3 Å². The number of aromatic nitrogens is 2. The monoisotopic (exact) mass is 375 g/mol. The van der Waals surface area contributed by atoms with E-state index in [4.69, 9.17) is 4.74 Å². The van der Waals surface area contributed by atoms with Crippen molar-refractivity contribution in [1.29, 1.82) is 0 Å². The van der Waals surface area contributed by atoms with E-state index in [0.717, 1.165) is 25.5 Å². The van der Waals surface area contributed by atoms with E-state index in [9.17, 15) is 9.59 Å². The quantitative estimate of drug-likeness (QED) is 0.669. The average molecular weight is 375 g/mol. The highest BCUT2D eigenvalue weighted by Gasteiger charge is 2.16. The normalized spacial score (nSPS) is 10.8. The Morgan fingerprint density at radius 2 is 2.00 bits per heavy atom. The first-order valence-electron chi connectivity index (χ1n) is 7.65. The number of hydrogen-bond acceptors (Lipinski definition) is 7. The van der Waals surface area contributed by atoms with Gasteiger partial charge in [-0.05, 0) is 31.5 Å². The molecule has 3 aromatic rings. The van der Waals surface area contributed by atoms with Crippen LogP contribution < -0.4 is 10.1 Å². The van der Waals surface area contributed by atoms with Gasteiger partial charge in [-0.1, -0.05) is 0 Å². The molecule has 25 heavy (non-hydrogen) atoms. The molecule has 0 saturated heterocycles. The van der Waals surface area contributed by atoms with Gasteiger partial charge >= 0.3 is 0 Å². The number of nitrogens with zero attached hydrogens (tertiary/aromatic N) is 2. The second-order valence-corrected chi connectivity index (χ2v) is 7.90. The maximum atomic E-state index is 12.4. The number of hydrogen-bond donors (Lipinski definition) is 1. The topological polar surface area (TPSA) is 81.2 Å². The number of fused-ring (bicyclic) bond motifs is 1. The Balaban J connectivity index is 1.70. The van der Waals surface area contributed by atoms with Crippen LogP contribution in [-0.4, -0.2) is 28.3 Å². The summed E-state index contributed by atoms with van der Waals surface area (Å²) in [6.07, 6.45) is 1.45. The molecule has 0 saturated carbocycles. The molecule has 0 aliphatic rings. The van der Waals surface area contributed by atoms with Crippen molar-refractivity contribution in [3.63, 3.8) is 0 Å². The highest BCUT2D eigenvalue weighted by molar-refractivity contribution is 7.18. The number of Topliss-reactive ketones (excluding diaryl/α,β-unsaturated/α-hetero) is 1. The van der Waals surface area contributed by atoms with Crippen molar-refractivity contribution in [3.05, 3.63) is 38.7 Å². The van der Waals surface area contributed by atoms with Crippen LogP contribution in [0.5, 0.6) is 5.88 Å². The van der Waals surface area contributed by atoms with Gasteiger partial charge in [0, 0.05) is 16.7 Å². The number of rotatable bonds is 6. The number of ether oxygens (including phenoxy) is 1. The summed E-state index contributed by atoms with van der Waals surface area (Å²) in [5, 5.41) is 3.58. The molecule has 0 aliphatic carbocycles. The molecule has 0 atom stereocenters. The Bertz CT molecular complexity index is 946. The lowest BCUT2D eigenvalue weighted by Gasteiger charge is -2.05. The smallest absolute Gasteiger partial charge is 0.226 e. The molecule has 0 aliphatic heterocycles. The zero-order chi connectivity index (χ0) is 18.0. The average Bonchev–Trinajstić information content (AvgIpc) is 3.16. The van der Waals surface area contributed by atoms with Gasteiger partial charge in [0.2, 0.25) is 17.6 Å². The molecule has 0 bridgehead atoms. The molecule has 0 aromatic carbocycles.